The molecule has 0 spiro atoms. The standard InChI is InChI=1S/C22H24F3NO2/c1-22(2,3)28-21(27)26-10-8-16(9-11-26)14-4-6-15(7-5-14)17-12-18(23)20(25)19(24)13-17/h4-7,12-13,16H,8-11H2,1-3H3. The minimum absolute atomic E-state index is 0.290. The van der Waals surface area contributed by atoms with E-state index in [1.165, 1.54) is 0 Å². The second-order valence-electron chi connectivity index (χ2n) is 8.12. The van der Waals surface area contributed by atoms with Gasteiger partial charge in [0.1, 0.15) is 5.60 Å². The highest BCUT2D eigenvalue weighted by Crippen LogP contribution is 2.31. The molecule has 6 heteroatoms. The Morgan fingerprint density at radius 3 is 2.00 bits per heavy atom. The van der Waals surface area contributed by atoms with Crippen LogP contribution in [0, 0.1) is 17.5 Å². The molecule has 0 unspecified atom stereocenters. The number of ether oxygens (including phenoxy) is 1. The van der Waals surface area contributed by atoms with E-state index in [1.54, 1.807) is 17.0 Å². The molecule has 1 saturated heterocycles. The highest BCUT2D eigenvalue weighted by Gasteiger charge is 2.27. The van der Waals surface area contributed by atoms with Gasteiger partial charge < -0.3 is 9.64 Å². The average molecular weight is 391 g/mol. The Bertz CT molecular complexity index is 828. The minimum Gasteiger partial charge on any atom is -0.444 e. The average Bonchev–Trinajstić information content (AvgIpc) is 2.64. The number of hydrogen-bond donors (Lipinski definition) is 0. The molecule has 28 heavy (non-hydrogen) atoms. The molecule has 0 aromatic heterocycles. The molecule has 1 fully saturated rings. The Morgan fingerprint density at radius 1 is 0.964 bits per heavy atom. The highest BCUT2D eigenvalue weighted by atomic mass is 19.2. The van der Waals surface area contributed by atoms with Gasteiger partial charge in [0.15, 0.2) is 17.5 Å². The van der Waals surface area contributed by atoms with E-state index in [2.05, 4.69) is 0 Å². The smallest absolute Gasteiger partial charge is 0.410 e. The van der Waals surface area contributed by atoms with Crippen molar-refractivity contribution in [3.05, 3.63) is 59.4 Å². The van der Waals surface area contributed by atoms with Gasteiger partial charge in [-0.1, -0.05) is 24.3 Å². The lowest BCUT2D eigenvalue weighted by molar-refractivity contribution is 0.0205. The van der Waals surface area contributed by atoms with Crippen LogP contribution in [0.5, 0.6) is 0 Å². The van der Waals surface area contributed by atoms with Gasteiger partial charge in [-0.2, -0.15) is 0 Å². The van der Waals surface area contributed by atoms with E-state index in [0.717, 1.165) is 30.5 Å². The first-order chi connectivity index (χ1) is 13.1. The van der Waals surface area contributed by atoms with Crippen molar-refractivity contribution in [2.24, 2.45) is 0 Å². The molecule has 1 amide bonds. The van der Waals surface area contributed by atoms with Crippen LogP contribution in [0.4, 0.5) is 18.0 Å². The van der Waals surface area contributed by atoms with Crippen molar-refractivity contribution in [2.45, 2.75) is 45.1 Å². The molecule has 0 bridgehead atoms. The van der Waals surface area contributed by atoms with Crippen LogP contribution in [-0.2, 0) is 4.74 Å². The Hall–Kier alpha value is -2.50. The van der Waals surface area contributed by atoms with Crippen LogP contribution in [0.25, 0.3) is 11.1 Å². The molecule has 150 valence electrons. The number of hydrogen-bond acceptors (Lipinski definition) is 2. The maximum atomic E-state index is 13.4. The van der Waals surface area contributed by atoms with E-state index >= 15 is 0 Å². The Balaban J connectivity index is 1.65. The Labute approximate surface area is 163 Å². The Morgan fingerprint density at radius 2 is 1.50 bits per heavy atom. The van der Waals surface area contributed by atoms with E-state index in [1.807, 2.05) is 32.9 Å². The number of halogens is 3. The predicted octanol–water partition coefficient (Wildman–Crippen LogP) is 5.89. The van der Waals surface area contributed by atoms with Gasteiger partial charge in [0.05, 0.1) is 0 Å². The van der Waals surface area contributed by atoms with E-state index in [0.29, 0.717) is 30.1 Å². The van der Waals surface area contributed by atoms with Crippen molar-refractivity contribution < 1.29 is 22.7 Å². The lowest BCUT2D eigenvalue weighted by atomic mass is 9.88. The largest absolute Gasteiger partial charge is 0.444 e. The second-order valence-corrected chi connectivity index (χ2v) is 8.12. The maximum absolute atomic E-state index is 13.4. The van der Waals surface area contributed by atoms with Gasteiger partial charge >= 0.3 is 6.09 Å². The second kappa shape index (κ2) is 7.86. The van der Waals surface area contributed by atoms with E-state index in [-0.39, 0.29) is 6.09 Å². The van der Waals surface area contributed by atoms with Crippen LogP contribution in [0.1, 0.15) is 45.1 Å². The fourth-order valence-electron chi connectivity index (χ4n) is 3.39. The lowest BCUT2D eigenvalue weighted by Gasteiger charge is -2.33. The molecule has 3 nitrogen and oxygen atoms in total. The monoisotopic (exact) mass is 391 g/mol. The summed E-state index contributed by atoms with van der Waals surface area (Å²) in [6.45, 7) is 6.78. The van der Waals surface area contributed by atoms with Crippen LogP contribution in [0.15, 0.2) is 36.4 Å². The molecule has 2 aromatic carbocycles. The third-order valence-electron chi connectivity index (χ3n) is 4.85. The van der Waals surface area contributed by atoms with Crippen molar-refractivity contribution in [3.63, 3.8) is 0 Å². The summed E-state index contributed by atoms with van der Waals surface area (Å²) in [5.41, 5.74) is 1.51. The molecule has 1 aliphatic heterocycles. The fourth-order valence-corrected chi connectivity index (χ4v) is 3.39. The summed E-state index contributed by atoms with van der Waals surface area (Å²) < 4.78 is 45.4. The van der Waals surface area contributed by atoms with Gasteiger partial charge in [-0.3, -0.25) is 0 Å². The summed E-state index contributed by atoms with van der Waals surface area (Å²) in [5, 5.41) is 0. The first kappa shape index (κ1) is 20.2. The molecule has 0 radical (unpaired) electrons. The third kappa shape index (κ3) is 4.66. The molecular weight excluding hydrogens is 367 g/mol. The van der Waals surface area contributed by atoms with Gasteiger partial charge in [0.25, 0.3) is 0 Å². The maximum Gasteiger partial charge on any atom is 0.410 e. The zero-order valence-corrected chi connectivity index (χ0v) is 16.3. The number of piperidine rings is 1. The fraction of sp³-hybridized carbons (Fsp3) is 0.409. The molecule has 0 saturated carbocycles. The first-order valence-corrected chi connectivity index (χ1v) is 9.37. The SMILES string of the molecule is CC(C)(C)OC(=O)N1CCC(c2ccc(-c3cc(F)c(F)c(F)c3)cc2)CC1. The van der Waals surface area contributed by atoms with Crippen molar-refractivity contribution in [2.75, 3.05) is 13.1 Å². The summed E-state index contributed by atoms with van der Waals surface area (Å²) in [7, 11) is 0. The number of amides is 1. The van der Waals surface area contributed by atoms with E-state index in [4.69, 9.17) is 4.74 Å². The molecule has 2 aromatic rings. The number of nitrogens with zero attached hydrogens (tertiary/aromatic N) is 1. The molecule has 1 aliphatic rings. The number of carbonyl (C=O) groups excluding carboxylic acids is 1. The number of likely N-dealkylation sites (tertiary alicyclic amines) is 1. The number of carbonyl (C=O) groups is 1. The van der Waals surface area contributed by atoms with Gasteiger partial charge in [-0.05, 0) is 68.4 Å². The van der Waals surface area contributed by atoms with Gasteiger partial charge in [0.2, 0.25) is 0 Å². The predicted molar refractivity (Wildman–Crippen MR) is 102 cm³/mol. The normalized spacial score (nSPS) is 15.6. The summed E-state index contributed by atoms with van der Waals surface area (Å²) in [6, 6.07) is 9.38. The zero-order valence-electron chi connectivity index (χ0n) is 16.3. The summed E-state index contributed by atoms with van der Waals surface area (Å²) in [5.74, 6) is -3.56. The molecule has 0 atom stereocenters. The van der Waals surface area contributed by atoms with Gasteiger partial charge in [-0.25, -0.2) is 18.0 Å². The Kier molecular flexibility index (Phi) is 5.68. The zero-order chi connectivity index (χ0) is 20.5. The van der Waals surface area contributed by atoms with Crippen LogP contribution < -0.4 is 0 Å². The molecule has 0 N–H and O–H groups in total. The van der Waals surface area contributed by atoms with Crippen LogP contribution >= 0.6 is 0 Å². The van der Waals surface area contributed by atoms with Gasteiger partial charge in [0, 0.05) is 13.1 Å². The van der Waals surface area contributed by atoms with E-state index in [9.17, 15) is 18.0 Å². The van der Waals surface area contributed by atoms with Crippen LogP contribution in [0.2, 0.25) is 0 Å². The van der Waals surface area contributed by atoms with Gasteiger partial charge in [-0.15, -0.1) is 0 Å². The lowest BCUT2D eigenvalue weighted by Crippen LogP contribution is -2.41. The van der Waals surface area contributed by atoms with Crippen LogP contribution in [0.3, 0.4) is 0 Å². The van der Waals surface area contributed by atoms with Crippen molar-refractivity contribution in [1.29, 1.82) is 0 Å². The molecule has 3 rings (SSSR count). The summed E-state index contributed by atoms with van der Waals surface area (Å²) in [4.78, 5) is 13.9. The van der Waals surface area contributed by atoms with Crippen molar-refractivity contribution in [1.82, 2.24) is 4.90 Å². The number of rotatable bonds is 2. The highest BCUT2D eigenvalue weighted by molar-refractivity contribution is 5.68. The molecular formula is C22H24F3NO2. The van der Waals surface area contributed by atoms with Crippen LogP contribution in [-0.4, -0.2) is 29.7 Å². The minimum atomic E-state index is -1.46. The summed E-state index contributed by atoms with van der Waals surface area (Å²) in [6.07, 6.45) is 1.35. The van der Waals surface area contributed by atoms with Crippen molar-refractivity contribution >= 4 is 6.09 Å². The third-order valence-corrected chi connectivity index (χ3v) is 4.85. The van der Waals surface area contributed by atoms with E-state index < -0.39 is 23.1 Å². The molecule has 1 heterocycles. The topological polar surface area (TPSA) is 29.5 Å². The first-order valence-electron chi connectivity index (χ1n) is 9.37. The quantitative estimate of drug-likeness (QED) is 0.598. The summed E-state index contributed by atoms with van der Waals surface area (Å²) >= 11 is 0. The van der Waals surface area contributed by atoms with Crippen molar-refractivity contribution in [3.8, 4) is 11.1 Å². The molecule has 0 aliphatic carbocycles. The number of benzene rings is 2.